The van der Waals surface area contributed by atoms with Gasteiger partial charge in [-0.25, -0.2) is 4.98 Å². The molecular formula is C21H22N2O3S. The second kappa shape index (κ2) is 8.68. The highest BCUT2D eigenvalue weighted by Gasteiger charge is 2.16. The summed E-state index contributed by atoms with van der Waals surface area (Å²) in [6, 6.07) is 15.1. The SMILES string of the molecule is CCCc1sc(NC(=O)c2ccc(OC)c(OC)c2)nc1-c1ccccc1. The highest BCUT2D eigenvalue weighted by Crippen LogP contribution is 2.33. The number of nitrogens with zero attached hydrogens (tertiary/aromatic N) is 1. The van der Waals surface area contributed by atoms with E-state index in [9.17, 15) is 4.79 Å². The molecule has 0 radical (unpaired) electrons. The molecule has 0 unspecified atom stereocenters. The Morgan fingerprint density at radius 3 is 2.48 bits per heavy atom. The summed E-state index contributed by atoms with van der Waals surface area (Å²) in [5.74, 6) is 0.869. The van der Waals surface area contributed by atoms with Crippen LogP contribution >= 0.6 is 11.3 Å². The smallest absolute Gasteiger partial charge is 0.257 e. The van der Waals surface area contributed by atoms with Crippen molar-refractivity contribution >= 4 is 22.4 Å². The summed E-state index contributed by atoms with van der Waals surface area (Å²) < 4.78 is 10.5. The van der Waals surface area contributed by atoms with Gasteiger partial charge in [-0.2, -0.15) is 0 Å². The summed E-state index contributed by atoms with van der Waals surface area (Å²) in [4.78, 5) is 18.5. The maximum atomic E-state index is 12.7. The first-order valence-electron chi connectivity index (χ1n) is 8.74. The second-order valence-electron chi connectivity index (χ2n) is 5.93. The molecule has 0 saturated carbocycles. The van der Waals surface area contributed by atoms with Crippen molar-refractivity contribution in [1.29, 1.82) is 0 Å². The Hall–Kier alpha value is -2.86. The first-order chi connectivity index (χ1) is 13.2. The van der Waals surface area contributed by atoms with E-state index < -0.39 is 0 Å². The largest absolute Gasteiger partial charge is 0.493 e. The number of benzene rings is 2. The molecule has 6 heteroatoms. The van der Waals surface area contributed by atoms with E-state index in [0.29, 0.717) is 22.2 Å². The molecule has 0 aliphatic rings. The van der Waals surface area contributed by atoms with Crippen LogP contribution in [0, 0.1) is 0 Å². The number of aryl methyl sites for hydroxylation is 1. The van der Waals surface area contributed by atoms with Crippen LogP contribution in [-0.4, -0.2) is 25.1 Å². The summed E-state index contributed by atoms with van der Waals surface area (Å²) in [6.07, 6.45) is 1.94. The van der Waals surface area contributed by atoms with Crippen LogP contribution in [0.4, 0.5) is 5.13 Å². The zero-order chi connectivity index (χ0) is 19.2. The molecule has 0 atom stereocenters. The minimum absolute atomic E-state index is 0.229. The van der Waals surface area contributed by atoms with Crippen LogP contribution in [0.15, 0.2) is 48.5 Å². The monoisotopic (exact) mass is 382 g/mol. The molecule has 0 fully saturated rings. The highest BCUT2D eigenvalue weighted by molar-refractivity contribution is 7.16. The fraction of sp³-hybridized carbons (Fsp3) is 0.238. The van der Waals surface area contributed by atoms with Gasteiger partial charge in [0.15, 0.2) is 16.6 Å². The van der Waals surface area contributed by atoms with Gasteiger partial charge < -0.3 is 9.47 Å². The van der Waals surface area contributed by atoms with Gasteiger partial charge in [-0.15, -0.1) is 11.3 Å². The first-order valence-corrected chi connectivity index (χ1v) is 9.56. The third-order valence-corrected chi connectivity index (χ3v) is 5.12. The summed E-state index contributed by atoms with van der Waals surface area (Å²) in [5.41, 5.74) is 2.48. The van der Waals surface area contributed by atoms with Crippen molar-refractivity contribution in [2.45, 2.75) is 19.8 Å². The molecule has 27 heavy (non-hydrogen) atoms. The summed E-state index contributed by atoms with van der Waals surface area (Å²) >= 11 is 1.52. The Kier molecular flexibility index (Phi) is 6.08. The third kappa shape index (κ3) is 4.28. The van der Waals surface area contributed by atoms with E-state index in [-0.39, 0.29) is 5.91 Å². The Morgan fingerprint density at radius 2 is 1.81 bits per heavy atom. The van der Waals surface area contributed by atoms with Crippen molar-refractivity contribution < 1.29 is 14.3 Å². The molecule has 1 aromatic heterocycles. The summed E-state index contributed by atoms with van der Waals surface area (Å²) in [7, 11) is 3.11. The van der Waals surface area contributed by atoms with Crippen LogP contribution < -0.4 is 14.8 Å². The van der Waals surface area contributed by atoms with Gasteiger partial charge in [0.1, 0.15) is 0 Å². The molecule has 3 aromatic rings. The number of rotatable bonds is 7. The van der Waals surface area contributed by atoms with Crippen LogP contribution in [0.5, 0.6) is 11.5 Å². The predicted octanol–water partition coefficient (Wildman–Crippen LogP) is 5.03. The predicted molar refractivity (Wildman–Crippen MR) is 109 cm³/mol. The zero-order valence-electron chi connectivity index (χ0n) is 15.6. The Balaban J connectivity index is 1.86. The molecule has 0 saturated heterocycles. The number of ether oxygens (including phenoxy) is 2. The van der Waals surface area contributed by atoms with Crippen molar-refractivity contribution in [2.24, 2.45) is 0 Å². The molecule has 5 nitrogen and oxygen atoms in total. The average Bonchev–Trinajstić information content (AvgIpc) is 3.10. The van der Waals surface area contributed by atoms with E-state index >= 15 is 0 Å². The Bertz CT molecular complexity index is 922. The van der Waals surface area contributed by atoms with Crippen LogP contribution in [0.2, 0.25) is 0 Å². The minimum atomic E-state index is -0.229. The molecule has 0 aliphatic heterocycles. The molecule has 1 heterocycles. The van der Waals surface area contributed by atoms with E-state index in [1.165, 1.54) is 16.2 Å². The van der Waals surface area contributed by atoms with Crippen LogP contribution in [0.3, 0.4) is 0 Å². The molecular weight excluding hydrogens is 360 g/mol. The fourth-order valence-electron chi connectivity index (χ4n) is 2.77. The molecule has 0 bridgehead atoms. The number of methoxy groups -OCH3 is 2. The van der Waals surface area contributed by atoms with Crippen molar-refractivity contribution in [1.82, 2.24) is 4.98 Å². The van der Waals surface area contributed by atoms with E-state index in [2.05, 4.69) is 17.2 Å². The van der Waals surface area contributed by atoms with Crippen LogP contribution in [0.25, 0.3) is 11.3 Å². The molecule has 2 aromatic carbocycles. The summed E-state index contributed by atoms with van der Waals surface area (Å²) in [5, 5.41) is 3.50. The lowest BCUT2D eigenvalue weighted by molar-refractivity contribution is 0.102. The van der Waals surface area contributed by atoms with E-state index in [1.54, 1.807) is 32.4 Å². The van der Waals surface area contributed by atoms with Gasteiger partial charge in [0.05, 0.1) is 19.9 Å². The molecule has 0 aliphatic carbocycles. The highest BCUT2D eigenvalue weighted by atomic mass is 32.1. The Labute approximate surface area is 163 Å². The van der Waals surface area contributed by atoms with Crippen molar-refractivity contribution in [3.05, 3.63) is 59.0 Å². The minimum Gasteiger partial charge on any atom is -0.493 e. The van der Waals surface area contributed by atoms with Gasteiger partial charge in [0.25, 0.3) is 5.91 Å². The number of hydrogen-bond acceptors (Lipinski definition) is 5. The normalized spacial score (nSPS) is 10.5. The number of amides is 1. The maximum absolute atomic E-state index is 12.7. The van der Waals surface area contributed by atoms with E-state index in [1.807, 2.05) is 30.3 Å². The quantitative estimate of drug-likeness (QED) is 0.622. The third-order valence-electron chi connectivity index (χ3n) is 4.09. The lowest BCUT2D eigenvalue weighted by Gasteiger charge is -2.09. The van der Waals surface area contributed by atoms with Gasteiger partial charge >= 0.3 is 0 Å². The number of anilines is 1. The van der Waals surface area contributed by atoms with Crippen LogP contribution in [-0.2, 0) is 6.42 Å². The number of hydrogen-bond donors (Lipinski definition) is 1. The fourth-order valence-corrected chi connectivity index (χ4v) is 3.85. The molecule has 0 spiro atoms. The van der Waals surface area contributed by atoms with Crippen molar-refractivity contribution in [2.75, 3.05) is 19.5 Å². The van der Waals surface area contributed by atoms with Gasteiger partial charge in [-0.3, -0.25) is 10.1 Å². The summed E-state index contributed by atoms with van der Waals surface area (Å²) in [6.45, 7) is 2.14. The number of thiazole rings is 1. The maximum Gasteiger partial charge on any atom is 0.257 e. The van der Waals surface area contributed by atoms with Gasteiger partial charge in [-0.1, -0.05) is 43.7 Å². The number of carbonyl (C=O) groups is 1. The zero-order valence-corrected chi connectivity index (χ0v) is 16.4. The lowest BCUT2D eigenvalue weighted by atomic mass is 10.1. The number of nitrogens with one attached hydrogen (secondary N) is 1. The molecule has 1 N–H and O–H groups in total. The molecule has 140 valence electrons. The Morgan fingerprint density at radius 1 is 1.07 bits per heavy atom. The topological polar surface area (TPSA) is 60.5 Å². The lowest BCUT2D eigenvalue weighted by Crippen LogP contribution is -2.11. The average molecular weight is 382 g/mol. The number of aromatic nitrogens is 1. The molecule has 3 rings (SSSR count). The van der Waals surface area contributed by atoms with Gasteiger partial charge in [0, 0.05) is 16.0 Å². The van der Waals surface area contributed by atoms with Crippen LogP contribution in [0.1, 0.15) is 28.6 Å². The van der Waals surface area contributed by atoms with Gasteiger partial charge in [-0.05, 0) is 24.6 Å². The molecule has 1 amide bonds. The van der Waals surface area contributed by atoms with Gasteiger partial charge in [0.2, 0.25) is 0 Å². The second-order valence-corrected chi connectivity index (χ2v) is 7.01. The van der Waals surface area contributed by atoms with E-state index in [0.717, 1.165) is 24.1 Å². The standard InChI is InChI=1S/C21H22N2O3S/c1-4-8-18-19(14-9-6-5-7-10-14)22-21(27-18)23-20(24)15-11-12-16(25-2)17(13-15)26-3/h5-7,9-13H,4,8H2,1-3H3,(H,22,23,24). The number of carbonyl (C=O) groups excluding carboxylic acids is 1. The van der Waals surface area contributed by atoms with Crippen molar-refractivity contribution in [3.63, 3.8) is 0 Å². The van der Waals surface area contributed by atoms with E-state index in [4.69, 9.17) is 9.47 Å². The first kappa shape index (κ1) is 18.9. The van der Waals surface area contributed by atoms with Crippen molar-refractivity contribution in [3.8, 4) is 22.8 Å².